The van der Waals surface area contributed by atoms with Gasteiger partial charge in [0.1, 0.15) is 0 Å². The number of hydrogen-bond donors (Lipinski definition) is 0. The van der Waals surface area contributed by atoms with Gasteiger partial charge in [-0.3, -0.25) is 4.79 Å². The standard InChI is InChI=1S/C24H38O2/c1-4-6-8-14-20-24(3,21-15-9-7-5-2)26-23(25)17-13-11-10-12-16-22-18-19-22/h22H,4-13,16-19H2,1-3H3. The summed E-state index contributed by atoms with van der Waals surface area (Å²) in [6.07, 6.45) is 15.3. The Morgan fingerprint density at radius 3 is 2.04 bits per heavy atom. The molecule has 1 rings (SSSR count). The molecule has 0 heterocycles. The van der Waals surface area contributed by atoms with Gasteiger partial charge in [-0.15, -0.1) is 0 Å². The zero-order valence-corrected chi connectivity index (χ0v) is 17.3. The van der Waals surface area contributed by atoms with E-state index in [0.717, 1.165) is 57.3 Å². The van der Waals surface area contributed by atoms with Crippen molar-refractivity contribution in [3.05, 3.63) is 0 Å². The lowest BCUT2D eigenvalue weighted by Crippen LogP contribution is -2.28. The molecule has 0 atom stereocenters. The molecule has 0 bridgehead atoms. The van der Waals surface area contributed by atoms with Crippen molar-refractivity contribution in [3.63, 3.8) is 0 Å². The number of carbonyl (C=O) groups is 1. The fraction of sp³-hybridized carbons (Fsp3) is 0.792. The van der Waals surface area contributed by atoms with Gasteiger partial charge in [-0.05, 0) is 43.9 Å². The van der Waals surface area contributed by atoms with Crippen LogP contribution in [-0.2, 0) is 9.53 Å². The molecule has 2 nitrogen and oxygen atoms in total. The van der Waals surface area contributed by atoms with Crippen molar-refractivity contribution < 1.29 is 9.53 Å². The molecule has 2 heteroatoms. The van der Waals surface area contributed by atoms with Crippen molar-refractivity contribution in [2.24, 2.45) is 5.92 Å². The van der Waals surface area contributed by atoms with Crippen molar-refractivity contribution in [2.45, 2.75) is 116 Å². The molecule has 0 unspecified atom stereocenters. The number of unbranched alkanes of at least 4 members (excludes halogenated alkanes) is 7. The second kappa shape index (κ2) is 13.7. The van der Waals surface area contributed by atoms with Gasteiger partial charge in [0.15, 0.2) is 0 Å². The first kappa shape index (κ1) is 22.6. The third-order valence-electron chi connectivity index (χ3n) is 4.72. The Morgan fingerprint density at radius 1 is 0.923 bits per heavy atom. The van der Waals surface area contributed by atoms with Gasteiger partial charge in [-0.2, -0.15) is 0 Å². The molecule has 0 spiro atoms. The summed E-state index contributed by atoms with van der Waals surface area (Å²) in [5.41, 5.74) is -0.954. The smallest absolute Gasteiger partial charge is 0.308 e. The van der Waals surface area contributed by atoms with Crippen LogP contribution in [-0.4, -0.2) is 11.6 Å². The minimum atomic E-state index is -0.954. The maximum absolute atomic E-state index is 12.2. The molecule has 1 aliphatic carbocycles. The highest BCUT2D eigenvalue weighted by atomic mass is 16.6. The Morgan fingerprint density at radius 2 is 1.50 bits per heavy atom. The lowest BCUT2D eigenvalue weighted by molar-refractivity contribution is -0.149. The average molecular weight is 359 g/mol. The minimum absolute atomic E-state index is 0.163. The molecule has 0 aromatic heterocycles. The van der Waals surface area contributed by atoms with Gasteiger partial charge in [0.05, 0.1) is 0 Å². The summed E-state index contributed by atoms with van der Waals surface area (Å²) in [7, 11) is 0. The van der Waals surface area contributed by atoms with Gasteiger partial charge < -0.3 is 4.74 Å². The summed E-state index contributed by atoms with van der Waals surface area (Å²) in [4.78, 5) is 12.2. The van der Waals surface area contributed by atoms with E-state index in [2.05, 4.69) is 37.5 Å². The number of esters is 1. The molecular weight excluding hydrogens is 320 g/mol. The SMILES string of the molecule is CCCCC#CC(C)(C#CCCCC)OC(=O)CCCCCCC1CC1. The van der Waals surface area contributed by atoms with E-state index in [9.17, 15) is 4.79 Å². The molecule has 146 valence electrons. The lowest BCUT2D eigenvalue weighted by Gasteiger charge is -2.18. The number of ether oxygens (including phenoxy) is 1. The van der Waals surface area contributed by atoms with Crippen molar-refractivity contribution in [2.75, 3.05) is 0 Å². The molecule has 1 saturated carbocycles. The van der Waals surface area contributed by atoms with Crippen LogP contribution in [0.5, 0.6) is 0 Å². The summed E-state index contributed by atoms with van der Waals surface area (Å²) >= 11 is 0. The molecule has 0 aromatic carbocycles. The first-order valence-electron chi connectivity index (χ1n) is 10.8. The fourth-order valence-electron chi connectivity index (χ4n) is 2.82. The van der Waals surface area contributed by atoms with Gasteiger partial charge in [0.25, 0.3) is 0 Å². The zero-order valence-electron chi connectivity index (χ0n) is 17.3. The largest absolute Gasteiger partial charge is 0.435 e. The second-order valence-electron chi connectivity index (χ2n) is 7.71. The van der Waals surface area contributed by atoms with Crippen LogP contribution >= 0.6 is 0 Å². The van der Waals surface area contributed by atoms with E-state index >= 15 is 0 Å². The van der Waals surface area contributed by atoms with Gasteiger partial charge >= 0.3 is 5.97 Å². The van der Waals surface area contributed by atoms with Crippen LogP contribution in [0.2, 0.25) is 0 Å². The monoisotopic (exact) mass is 358 g/mol. The van der Waals surface area contributed by atoms with Gasteiger partial charge in [0, 0.05) is 19.3 Å². The Balaban J connectivity index is 2.38. The second-order valence-corrected chi connectivity index (χ2v) is 7.71. The Hall–Kier alpha value is -1.41. The first-order chi connectivity index (χ1) is 12.6. The predicted octanol–water partition coefficient (Wildman–Crippen LogP) is 6.43. The highest BCUT2D eigenvalue weighted by Crippen LogP contribution is 2.34. The lowest BCUT2D eigenvalue weighted by atomic mass is 10.1. The van der Waals surface area contributed by atoms with Crippen molar-refractivity contribution in [1.29, 1.82) is 0 Å². The number of hydrogen-bond acceptors (Lipinski definition) is 2. The van der Waals surface area contributed by atoms with Gasteiger partial charge in [-0.1, -0.05) is 77.1 Å². The first-order valence-corrected chi connectivity index (χ1v) is 10.8. The van der Waals surface area contributed by atoms with Crippen molar-refractivity contribution in [3.8, 4) is 23.7 Å². The average Bonchev–Trinajstić information content (AvgIpc) is 3.43. The Labute approximate surface area is 161 Å². The van der Waals surface area contributed by atoms with Crippen LogP contribution < -0.4 is 0 Å². The summed E-state index contributed by atoms with van der Waals surface area (Å²) < 4.78 is 5.67. The van der Waals surface area contributed by atoms with Gasteiger partial charge in [0.2, 0.25) is 5.60 Å². The van der Waals surface area contributed by atoms with Crippen LogP contribution in [0, 0.1) is 29.6 Å². The molecule has 0 saturated heterocycles. The number of rotatable bonds is 12. The summed E-state index contributed by atoms with van der Waals surface area (Å²) in [5, 5.41) is 0. The normalized spacial score (nSPS) is 13.3. The summed E-state index contributed by atoms with van der Waals surface area (Å²) in [6.45, 7) is 6.13. The van der Waals surface area contributed by atoms with Crippen molar-refractivity contribution in [1.82, 2.24) is 0 Å². The van der Waals surface area contributed by atoms with E-state index in [1.807, 2.05) is 6.92 Å². The topological polar surface area (TPSA) is 26.3 Å². The van der Waals surface area contributed by atoms with E-state index in [4.69, 9.17) is 4.74 Å². The molecule has 1 fully saturated rings. The highest BCUT2D eigenvalue weighted by Gasteiger charge is 2.23. The third kappa shape index (κ3) is 12.0. The number of carbonyl (C=O) groups excluding carboxylic acids is 1. The van der Waals surface area contributed by atoms with Crippen LogP contribution in [0.1, 0.15) is 111 Å². The Kier molecular flexibility index (Phi) is 12.0. The molecule has 0 N–H and O–H groups in total. The minimum Gasteiger partial charge on any atom is -0.435 e. The quantitative estimate of drug-likeness (QED) is 0.228. The fourth-order valence-corrected chi connectivity index (χ4v) is 2.82. The van der Waals surface area contributed by atoms with E-state index in [0.29, 0.717) is 6.42 Å². The highest BCUT2D eigenvalue weighted by molar-refractivity contribution is 5.70. The van der Waals surface area contributed by atoms with Crippen molar-refractivity contribution >= 4 is 5.97 Å². The molecule has 1 aliphatic rings. The predicted molar refractivity (Wildman–Crippen MR) is 110 cm³/mol. The molecule has 26 heavy (non-hydrogen) atoms. The van der Waals surface area contributed by atoms with Gasteiger partial charge in [-0.25, -0.2) is 0 Å². The Bertz CT molecular complexity index is 482. The molecular formula is C24H38O2. The maximum Gasteiger partial charge on any atom is 0.308 e. The van der Waals surface area contributed by atoms with Crippen LogP contribution in [0.4, 0.5) is 0 Å². The molecule has 0 aliphatic heterocycles. The zero-order chi connectivity index (χ0) is 19.1. The summed E-state index contributed by atoms with van der Waals surface area (Å²) in [6, 6.07) is 0. The van der Waals surface area contributed by atoms with Crippen LogP contribution in [0.15, 0.2) is 0 Å². The molecule has 0 aromatic rings. The maximum atomic E-state index is 12.2. The summed E-state index contributed by atoms with van der Waals surface area (Å²) in [5.74, 6) is 13.3. The van der Waals surface area contributed by atoms with E-state index in [1.54, 1.807) is 0 Å². The van der Waals surface area contributed by atoms with E-state index < -0.39 is 5.60 Å². The van der Waals surface area contributed by atoms with Crippen LogP contribution in [0.25, 0.3) is 0 Å². The molecule has 0 radical (unpaired) electrons. The van der Waals surface area contributed by atoms with E-state index in [1.165, 1.54) is 32.1 Å². The molecule has 0 amide bonds. The van der Waals surface area contributed by atoms with E-state index in [-0.39, 0.29) is 5.97 Å². The van der Waals surface area contributed by atoms with Crippen LogP contribution in [0.3, 0.4) is 0 Å². The third-order valence-corrected chi connectivity index (χ3v) is 4.72.